The number of anilines is 1. The van der Waals surface area contributed by atoms with Crippen LogP contribution < -0.4 is 5.32 Å². The molecule has 15 nitrogen and oxygen atoms in total. The maximum atomic E-state index is 11.2. The molecule has 4 rings (SSSR count). The molecule has 0 saturated carbocycles. The average Bonchev–Trinajstić information content (AvgIpc) is 3.32. The number of hydrogen-bond acceptors (Lipinski definition) is 11. The summed E-state index contributed by atoms with van der Waals surface area (Å²) in [6.07, 6.45) is -2.83. The van der Waals surface area contributed by atoms with Gasteiger partial charge in [0, 0.05) is 18.2 Å². The number of ether oxygens (including phenoxy) is 1. The van der Waals surface area contributed by atoms with Crippen LogP contribution in [-0.2, 0) is 20.4 Å². The van der Waals surface area contributed by atoms with Gasteiger partial charge in [0.2, 0.25) is 0 Å². The van der Waals surface area contributed by atoms with Crippen molar-refractivity contribution in [2.75, 3.05) is 11.9 Å². The Kier molecular flexibility index (Phi) is 6.36. The highest BCUT2D eigenvalue weighted by Gasteiger charge is 2.45. The van der Waals surface area contributed by atoms with Crippen LogP contribution in [0.1, 0.15) is 11.8 Å². The van der Waals surface area contributed by atoms with Gasteiger partial charge in [0.25, 0.3) is 5.69 Å². The molecule has 0 unspecified atom stereocenters. The molecule has 0 aliphatic carbocycles. The van der Waals surface area contributed by atoms with Crippen LogP contribution in [0.3, 0.4) is 0 Å². The van der Waals surface area contributed by atoms with E-state index in [1.807, 2.05) is 0 Å². The summed E-state index contributed by atoms with van der Waals surface area (Å²) < 4.78 is 22.2. The molecule has 0 spiro atoms. The van der Waals surface area contributed by atoms with Gasteiger partial charge >= 0.3 is 7.82 Å². The zero-order valence-electron chi connectivity index (χ0n) is 16.7. The number of nitro benzene ring substituents is 1. The number of fused-ring (bicyclic) bond motifs is 1. The Morgan fingerprint density at radius 1 is 1.21 bits per heavy atom. The van der Waals surface area contributed by atoms with Gasteiger partial charge in [0.15, 0.2) is 23.2 Å². The van der Waals surface area contributed by atoms with Gasteiger partial charge in [-0.25, -0.2) is 19.5 Å². The third-order valence-corrected chi connectivity index (χ3v) is 5.50. The second-order valence-corrected chi connectivity index (χ2v) is 8.36. The Labute approximate surface area is 185 Å². The summed E-state index contributed by atoms with van der Waals surface area (Å²) in [5.74, 6) is 0.270. The first-order valence-electron chi connectivity index (χ1n) is 9.51. The Hall–Kier alpha value is -3.04. The van der Waals surface area contributed by atoms with Crippen LogP contribution >= 0.6 is 7.82 Å². The van der Waals surface area contributed by atoms with Crippen molar-refractivity contribution in [3.05, 3.63) is 52.6 Å². The van der Waals surface area contributed by atoms with E-state index in [9.17, 15) is 24.9 Å². The standard InChI is InChI=1S/C17H19N6O9P/c24-13-11(6-31-33(28,29)30)32-17(14(13)25)22-8-21-12-15(19-7-20-16(12)22)18-5-9-3-1-2-4-10(9)23(26)27/h1-4,7-8,11,13-14,17,24-25H,5-6H2,(H,18,19,20)(H2,28,29,30)/t11-,13-,14-,17-/m1/s1. The average molecular weight is 482 g/mol. The lowest BCUT2D eigenvalue weighted by Gasteiger charge is -2.16. The van der Waals surface area contributed by atoms with Crippen molar-refractivity contribution in [2.45, 2.75) is 31.1 Å². The fraction of sp³-hybridized carbons (Fsp3) is 0.353. The molecular weight excluding hydrogens is 463 g/mol. The summed E-state index contributed by atoms with van der Waals surface area (Å²) in [7, 11) is -4.80. The smallest absolute Gasteiger partial charge is 0.387 e. The summed E-state index contributed by atoms with van der Waals surface area (Å²) in [6, 6.07) is 6.22. The fourth-order valence-corrected chi connectivity index (χ4v) is 3.79. The van der Waals surface area contributed by atoms with Gasteiger partial charge in [-0.15, -0.1) is 0 Å². The number of aromatic nitrogens is 4. The van der Waals surface area contributed by atoms with Crippen LogP contribution in [0.4, 0.5) is 11.5 Å². The highest BCUT2D eigenvalue weighted by Crippen LogP contribution is 2.39. The number of benzene rings is 1. The molecule has 3 heterocycles. The Morgan fingerprint density at radius 3 is 2.70 bits per heavy atom. The van der Waals surface area contributed by atoms with Crippen molar-refractivity contribution in [3.63, 3.8) is 0 Å². The van der Waals surface area contributed by atoms with E-state index >= 15 is 0 Å². The van der Waals surface area contributed by atoms with E-state index in [4.69, 9.17) is 14.5 Å². The Balaban J connectivity index is 1.55. The molecule has 1 saturated heterocycles. The number of aliphatic hydroxyl groups is 2. The molecule has 1 aliphatic rings. The topological polar surface area (TPSA) is 215 Å². The van der Waals surface area contributed by atoms with Crippen LogP contribution in [0.2, 0.25) is 0 Å². The number of rotatable bonds is 8. The van der Waals surface area contributed by atoms with Crippen LogP contribution in [0, 0.1) is 10.1 Å². The van der Waals surface area contributed by atoms with Crippen molar-refractivity contribution in [3.8, 4) is 0 Å². The summed E-state index contributed by atoms with van der Waals surface area (Å²) in [5, 5.41) is 34.8. The number of nitrogens with one attached hydrogen (secondary N) is 1. The summed E-state index contributed by atoms with van der Waals surface area (Å²) in [5.41, 5.74) is 0.874. The van der Waals surface area contributed by atoms with Crippen LogP contribution in [0.5, 0.6) is 0 Å². The van der Waals surface area contributed by atoms with Crippen molar-refractivity contribution in [2.24, 2.45) is 0 Å². The largest absolute Gasteiger partial charge is 0.469 e. The third-order valence-electron chi connectivity index (χ3n) is 5.01. The first-order valence-corrected chi connectivity index (χ1v) is 11.0. The van der Waals surface area contributed by atoms with Gasteiger partial charge in [-0.3, -0.25) is 19.2 Å². The number of para-hydroxylation sites is 1. The van der Waals surface area contributed by atoms with Gasteiger partial charge in [-0.1, -0.05) is 18.2 Å². The predicted octanol–water partition coefficient (Wildman–Crippen LogP) is 0.0751. The molecule has 4 atom stereocenters. The number of aliphatic hydroxyl groups excluding tert-OH is 2. The van der Waals surface area contributed by atoms with Crippen molar-refractivity contribution in [1.29, 1.82) is 0 Å². The molecule has 33 heavy (non-hydrogen) atoms. The molecule has 16 heteroatoms. The van der Waals surface area contributed by atoms with E-state index in [0.717, 1.165) is 0 Å². The predicted molar refractivity (Wildman–Crippen MR) is 110 cm³/mol. The molecule has 1 aromatic carbocycles. The minimum Gasteiger partial charge on any atom is -0.387 e. The molecule has 3 aromatic rings. The highest BCUT2D eigenvalue weighted by atomic mass is 31.2. The van der Waals surface area contributed by atoms with Crippen molar-refractivity contribution >= 4 is 30.5 Å². The maximum absolute atomic E-state index is 11.2. The minimum absolute atomic E-state index is 0.0548. The first-order chi connectivity index (χ1) is 15.7. The van der Waals surface area contributed by atoms with Crippen LogP contribution in [0.25, 0.3) is 11.2 Å². The lowest BCUT2D eigenvalue weighted by Crippen LogP contribution is -2.33. The lowest BCUT2D eigenvalue weighted by molar-refractivity contribution is -0.385. The van der Waals surface area contributed by atoms with Gasteiger partial charge in [0.1, 0.15) is 24.6 Å². The zero-order chi connectivity index (χ0) is 23.8. The number of nitro groups is 1. The van der Waals surface area contributed by atoms with E-state index in [-0.39, 0.29) is 29.2 Å². The SMILES string of the molecule is O=[N+]([O-])c1ccccc1CNc1ncnc2c1ncn2[C@@H]1O[C@H](COP(=O)(O)O)[C@@H](O)[C@H]1O. The summed E-state index contributed by atoms with van der Waals surface area (Å²) in [4.78, 5) is 40.9. The van der Waals surface area contributed by atoms with Crippen LogP contribution in [0.15, 0.2) is 36.9 Å². The fourth-order valence-electron chi connectivity index (χ4n) is 3.45. The van der Waals surface area contributed by atoms with Crippen molar-refractivity contribution < 1.29 is 38.7 Å². The van der Waals surface area contributed by atoms with E-state index in [1.165, 1.54) is 23.3 Å². The molecule has 0 radical (unpaired) electrons. The highest BCUT2D eigenvalue weighted by molar-refractivity contribution is 7.46. The Bertz CT molecular complexity index is 1220. The quantitative estimate of drug-likeness (QED) is 0.163. The molecule has 1 aliphatic heterocycles. The second-order valence-electron chi connectivity index (χ2n) is 7.12. The van der Waals surface area contributed by atoms with Gasteiger partial charge in [-0.2, -0.15) is 0 Å². The van der Waals surface area contributed by atoms with E-state index < -0.39 is 43.9 Å². The van der Waals surface area contributed by atoms with E-state index in [1.54, 1.807) is 18.2 Å². The molecule has 5 N–H and O–H groups in total. The van der Waals surface area contributed by atoms with Gasteiger partial charge in [-0.05, 0) is 0 Å². The number of imidazole rings is 1. The van der Waals surface area contributed by atoms with Gasteiger partial charge < -0.3 is 30.1 Å². The number of phosphoric acid groups is 1. The summed E-state index contributed by atoms with van der Waals surface area (Å²) in [6.45, 7) is -0.567. The molecule has 0 bridgehead atoms. The number of hydrogen-bond donors (Lipinski definition) is 5. The molecule has 1 fully saturated rings. The van der Waals surface area contributed by atoms with E-state index in [0.29, 0.717) is 5.56 Å². The first kappa shape index (κ1) is 23.1. The molecule has 176 valence electrons. The third kappa shape index (κ3) is 4.84. The second kappa shape index (κ2) is 9.07. The van der Waals surface area contributed by atoms with Gasteiger partial charge in [0.05, 0.1) is 17.9 Å². The lowest BCUT2D eigenvalue weighted by atomic mass is 10.1. The monoisotopic (exact) mass is 482 g/mol. The van der Waals surface area contributed by atoms with Crippen LogP contribution in [-0.4, -0.2) is 69.4 Å². The maximum Gasteiger partial charge on any atom is 0.469 e. The molecule has 2 aromatic heterocycles. The number of nitrogens with zero attached hydrogens (tertiary/aromatic N) is 5. The molecular formula is C17H19N6O9P. The number of phosphoric ester groups is 1. The van der Waals surface area contributed by atoms with E-state index in [2.05, 4.69) is 24.8 Å². The normalized spacial score (nSPS) is 23.2. The summed E-state index contributed by atoms with van der Waals surface area (Å²) >= 11 is 0. The Morgan fingerprint density at radius 2 is 1.97 bits per heavy atom. The minimum atomic E-state index is -4.80. The zero-order valence-corrected chi connectivity index (χ0v) is 17.6. The van der Waals surface area contributed by atoms with Crippen molar-refractivity contribution in [1.82, 2.24) is 19.5 Å². The molecule has 0 amide bonds.